The highest BCUT2D eigenvalue weighted by atomic mass is 16.5. The van der Waals surface area contributed by atoms with Crippen molar-refractivity contribution in [1.82, 2.24) is 19.9 Å². The molecule has 2 fully saturated rings. The summed E-state index contributed by atoms with van der Waals surface area (Å²) in [6, 6.07) is 7.76. The Hall–Kier alpha value is -2.90. The van der Waals surface area contributed by atoms with Crippen LogP contribution in [0.3, 0.4) is 0 Å². The molecule has 0 aliphatic carbocycles. The van der Waals surface area contributed by atoms with Crippen molar-refractivity contribution in [3.05, 3.63) is 41.5 Å². The number of benzene rings is 1. The van der Waals surface area contributed by atoms with Crippen molar-refractivity contribution in [2.24, 2.45) is 5.92 Å². The number of hydrogen-bond acceptors (Lipinski definition) is 6. The molecule has 166 valence electrons. The van der Waals surface area contributed by atoms with Crippen molar-refractivity contribution in [2.45, 2.75) is 52.0 Å². The molecule has 4 rings (SSSR count). The van der Waals surface area contributed by atoms with E-state index in [2.05, 4.69) is 10.1 Å². The number of piperidine rings is 1. The lowest BCUT2D eigenvalue weighted by molar-refractivity contribution is -0.141. The standard InChI is InChI=1S/C23H30N4O4/c1-16-5-3-6-19(15-16)30-14-10-21-24-22(31-25-21)20-7-4-11-27(20)23(29)18-8-12-26(13-9-18)17(2)28/h3,5-6,15,18,20H,4,7-14H2,1-2H3. The highest BCUT2D eigenvalue weighted by molar-refractivity contribution is 5.80. The molecule has 0 N–H and O–H groups in total. The molecule has 0 spiro atoms. The van der Waals surface area contributed by atoms with E-state index < -0.39 is 0 Å². The third kappa shape index (κ3) is 5.06. The molecule has 8 nitrogen and oxygen atoms in total. The lowest BCUT2D eigenvalue weighted by Gasteiger charge is -2.33. The van der Waals surface area contributed by atoms with Gasteiger partial charge in [0.1, 0.15) is 11.8 Å². The Morgan fingerprint density at radius 2 is 2.00 bits per heavy atom. The second-order valence-corrected chi connectivity index (χ2v) is 8.43. The van der Waals surface area contributed by atoms with Crippen LogP contribution in [0.1, 0.15) is 55.9 Å². The van der Waals surface area contributed by atoms with Crippen LogP contribution in [-0.2, 0) is 16.0 Å². The first-order valence-corrected chi connectivity index (χ1v) is 11.1. The average Bonchev–Trinajstić information content (AvgIpc) is 3.43. The van der Waals surface area contributed by atoms with Crippen molar-refractivity contribution in [3.8, 4) is 5.75 Å². The van der Waals surface area contributed by atoms with E-state index in [1.165, 1.54) is 0 Å². The summed E-state index contributed by atoms with van der Waals surface area (Å²) in [6.07, 6.45) is 3.73. The third-order valence-electron chi connectivity index (χ3n) is 6.18. The Morgan fingerprint density at radius 3 is 2.74 bits per heavy atom. The number of rotatable bonds is 6. The van der Waals surface area contributed by atoms with Gasteiger partial charge in [-0.25, -0.2) is 0 Å². The molecule has 1 aromatic heterocycles. The fraction of sp³-hybridized carbons (Fsp3) is 0.565. The maximum atomic E-state index is 13.1. The van der Waals surface area contributed by atoms with Gasteiger partial charge in [0, 0.05) is 38.9 Å². The molecular weight excluding hydrogens is 396 g/mol. The number of carbonyl (C=O) groups excluding carboxylic acids is 2. The van der Waals surface area contributed by atoms with Crippen LogP contribution in [0.5, 0.6) is 5.75 Å². The van der Waals surface area contributed by atoms with Gasteiger partial charge in [-0.15, -0.1) is 0 Å². The second-order valence-electron chi connectivity index (χ2n) is 8.43. The zero-order valence-corrected chi connectivity index (χ0v) is 18.2. The normalized spacial score (nSPS) is 19.6. The number of likely N-dealkylation sites (tertiary alicyclic amines) is 2. The van der Waals surface area contributed by atoms with Gasteiger partial charge >= 0.3 is 0 Å². The topological polar surface area (TPSA) is 88.8 Å². The Balaban J connectivity index is 1.32. The molecular formula is C23H30N4O4. The molecule has 1 atom stereocenters. The molecule has 2 aliphatic heterocycles. The van der Waals surface area contributed by atoms with Gasteiger partial charge in [-0.05, 0) is 50.3 Å². The SMILES string of the molecule is CC(=O)N1CCC(C(=O)N2CCCC2c2nc(CCOc3cccc(C)c3)no2)CC1. The molecule has 31 heavy (non-hydrogen) atoms. The van der Waals surface area contributed by atoms with E-state index in [0.717, 1.165) is 24.2 Å². The molecule has 2 amide bonds. The summed E-state index contributed by atoms with van der Waals surface area (Å²) >= 11 is 0. The van der Waals surface area contributed by atoms with E-state index in [1.54, 1.807) is 6.92 Å². The van der Waals surface area contributed by atoms with Crippen molar-refractivity contribution in [3.63, 3.8) is 0 Å². The summed E-state index contributed by atoms with van der Waals surface area (Å²) in [5.74, 6) is 2.12. The number of aromatic nitrogens is 2. The smallest absolute Gasteiger partial charge is 0.249 e. The van der Waals surface area contributed by atoms with Gasteiger partial charge in [-0.1, -0.05) is 17.3 Å². The van der Waals surface area contributed by atoms with Crippen molar-refractivity contribution < 1.29 is 18.8 Å². The third-order valence-corrected chi connectivity index (χ3v) is 6.18. The number of amides is 2. The number of aryl methyl sites for hydroxylation is 1. The fourth-order valence-electron chi connectivity index (χ4n) is 4.43. The van der Waals surface area contributed by atoms with Gasteiger partial charge in [0.25, 0.3) is 0 Å². The molecule has 8 heteroatoms. The summed E-state index contributed by atoms with van der Waals surface area (Å²) in [6.45, 7) is 6.08. The first-order valence-electron chi connectivity index (χ1n) is 11.1. The molecule has 2 aliphatic rings. The van der Waals surface area contributed by atoms with Crippen LogP contribution < -0.4 is 4.74 Å². The van der Waals surface area contributed by atoms with Gasteiger partial charge in [-0.2, -0.15) is 4.98 Å². The van der Waals surface area contributed by atoms with Gasteiger partial charge in [0.15, 0.2) is 5.82 Å². The number of hydrogen-bond donors (Lipinski definition) is 0. The minimum atomic E-state index is -0.155. The zero-order chi connectivity index (χ0) is 21.8. The van der Waals surface area contributed by atoms with Crippen LogP contribution in [0.2, 0.25) is 0 Å². The van der Waals surface area contributed by atoms with Crippen LogP contribution >= 0.6 is 0 Å². The maximum absolute atomic E-state index is 13.1. The molecule has 3 heterocycles. The summed E-state index contributed by atoms with van der Waals surface area (Å²) in [5, 5.41) is 4.10. The molecule has 0 radical (unpaired) electrons. The molecule has 2 saturated heterocycles. The number of ether oxygens (including phenoxy) is 1. The summed E-state index contributed by atoms with van der Waals surface area (Å²) in [5.41, 5.74) is 1.15. The van der Waals surface area contributed by atoms with E-state index in [9.17, 15) is 9.59 Å². The second kappa shape index (κ2) is 9.49. The van der Waals surface area contributed by atoms with E-state index in [1.807, 2.05) is 41.0 Å². The minimum absolute atomic E-state index is 0.0404. The highest BCUT2D eigenvalue weighted by Crippen LogP contribution is 2.34. The molecule has 2 aromatic rings. The predicted molar refractivity (Wildman–Crippen MR) is 113 cm³/mol. The van der Waals surface area contributed by atoms with E-state index in [0.29, 0.717) is 57.2 Å². The molecule has 0 saturated carbocycles. The summed E-state index contributed by atoms with van der Waals surface area (Å²) < 4.78 is 11.3. The Bertz CT molecular complexity index is 920. The Kier molecular flexibility index (Phi) is 6.53. The molecule has 1 unspecified atom stereocenters. The monoisotopic (exact) mass is 426 g/mol. The quantitative estimate of drug-likeness (QED) is 0.706. The van der Waals surface area contributed by atoms with Crippen molar-refractivity contribution >= 4 is 11.8 Å². The molecule has 0 bridgehead atoms. The number of carbonyl (C=O) groups is 2. The van der Waals surface area contributed by atoms with E-state index in [4.69, 9.17) is 9.26 Å². The Labute approximate surface area is 182 Å². The van der Waals surface area contributed by atoms with Crippen LogP contribution in [0.25, 0.3) is 0 Å². The minimum Gasteiger partial charge on any atom is -0.493 e. The summed E-state index contributed by atoms with van der Waals surface area (Å²) in [4.78, 5) is 32.9. The lowest BCUT2D eigenvalue weighted by Crippen LogP contribution is -2.43. The Morgan fingerprint density at radius 1 is 1.19 bits per heavy atom. The van der Waals surface area contributed by atoms with Gasteiger partial charge in [0.05, 0.1) is 6.61 Å². The average molecular weight is 427 g/mol. The van der Waals surface area contributed by atoms with Crippen LogP contribution in [0.4, 0.5) is 0 Å². The number of nitrogens with zero attached hydrogens (tertiary/aromatic N) is 4. The van der Waals surface area contributed by atoms with E-state index in [-0.39, 0.29) is 23.8 Å². The van der Waals surface area contributed by atoms with E-state index >= 15 is 0 Å². The highest BCUT2D eigenvalue weighted by Gasteiger charge is 2.38. The van der Waals surface area contributed by atoms with Crippen LogP contribution in [0.15, 0.2) is 28.8 Å². The summed E-state index contributed by atoms with van der Waals surface area (Å²) in [7, 11) is 0. The van der Waals surface area contributed by atoms with Crippen LogP contribution in [0, 0.1) is 12.8 Å². The fourth-order valence-corrected chi connectivity index (χ4v) is 4.43. The lowest BCUT2D eigenvalue weighted by atomic mass is 9.95. The van der Waals surface area contributed by atoms with Gasteiger partial charge in [0.2, 0.25) is 17.7 Å². The van der Waals surface area contributed by atoms with Crippen molar-refractivity contribution in [2.75, 3.05) is 26.2 Å². The van der Waals surface area contributed by atoms with Gasteiger partial charge in [-0.3, -0.25) is 9.59 Å². The largest absolute Gasteiger partial charge is 0.493 e. The van der Waals surface area contributed by atoms with Gasteiger partial charge < -0.3 is 19.1 Å². The van der Waals surface area contributed by atoms with Crippen molar-refractivity contribution in [1.29, 1.82) is 0 Å². The maximum Gasteiger partial charge on any atom is 0.249 e. The first-order chi connectivity index (χ1) is 15.0. The predicted octanol–water partition coefficient (Wildman–Crippen LogP) is 2.92. The molecule has 1 aromatic carbocycles. The zero-order valence-electron chi connectivity index (χ0n) is 18.2. The van der Waals surface area contributed by atoms with Crippen LogP contribution in [-0.4, -0.2) is 58.0 Å². The first kappa shape index (κ1) is 21.3.